The van der Waals surface area contributed by atoms with Gasteiger partial charge in [0.25, 0.3) is 0 Å². The van der Waals surface area contributed by atoms with Crippen LogP contribution in [0.3, 0.4) is 0 Å². The molecule has 2 heteroatoms. The van der Waals surface area contributed by atoms with Gasteiger partial charge >= 0.3 is 0 Å². The average Bonchev–Trinajstić information content (AvgIpc) is 3.40. The molecule has 9 aromatic carbocycles. The van der Waals surface area contributed by atoms with Crippen LogP contribution < -0.4 is 9.64 Å². The highest BCUT2D eigenvalue weighted by atomic mass is 16.5. The Morgan fingerprint density at radius 3 is 1.77 bits per heavy atom. The van der Waals surface area contributed by atoms with Crippen molar-refractivity contribution in [3.8, 4) is 67.1 Å². The van der Waals surface area contributed by atoms with Crippen molar-refractivity contribution in [3.63, 3.8) is 0 Å². The van der Waals surface area contributed by atoms with E-state index in [0.29, 0.717) is 0 Å². The largest absolute Gasteiger partial charge is 0.456 e. The first kappa shape index (κ1) is 33.2. The van der Waals surface area contributed by atoms with Crippen LogP contribution in [0, 0.1) is 0 Å². The molecule has 1 aliphatic carbocycles. The lowest BCUT2D eigenvalue weighted by molar-refractivity contribution is 0.488. The van der Waals surface area contributed by atoms with Crippen molar-refractivity contribution in [2.24, 2.45) is 0 Å². The molecule has 9 aromatic rings. The second-order valence-electron chi connectivity index (χ2n) is 15.7. The highest BCUT2D eigenvalue weighted by Gasteiger charge is 2.36. The van der Waals surface area contributed by atoms with Crippen LogP contribution in [0.15, 0.2) is 200 Å². The maximum absolute atomic E-state index is 7.01. The van der Waals surface area contributed by atoms with Crippen LogP contribution in [0.1, 0.15) is 25.0 Å². The molecule has 0 amide bonds. The molecule has 0 atom stereocenters. The minimum Gasteiger partial charge on any atom is -0.456 e. The van der Waals surface area contributed by atoms with Crippen molar-refractivity contribution in [1.29, 1.82) is 0 Å². The molecule has 1 aliphatic heterocycles. The Hall–Kier alpha value is -7.16. The summed E-state index contributed by atoms with van der Waals surface area (Å²) in [5.41, 5.74) is 17.6. The molecule has 1 heterocycles. The van der Waals surface area contributed by atoms with Crippen LogP contribution in [0.5, 0.6) is 11.5 Å². The summed E-state index contributed by atoms with van der Waals surface area (Å²) in [7, 11) is 0. The van der Waals surface area contributed by atoms with Crippen LogP contribution >= 0.6 is 0 Å². The Balaban J connectivity index is 1.16. The fourth-order valence-electron chi connectivity index (χ4n) is 9.23. The third-order valence-electron chi connectivity index (χ3n) is 12.0. The third kappa shape index (κ3) is 5.40. The van der Waals surface area contributed by atoms with E-state index in [-0.39, 0.29) is 5.41 Å². The smallest absolute Gasteiger partial charge is 0.135 e. The van der Waals surface area contributed by atoms with E-state index in [4.69, 9.17) is 4.74 Å². The zero-order chi connectivity index (χ0) is 38.1. The molecule has 57 heavy (non-hydrogen) atoms. The summed E-state index contributed by atoms with van der Waals surface area (Å²) in [5, 5.41) is 2.34. The van der Waals surface area contributed by atoms with Crippen molar-refractivity contribution >= 4 is 27.8 Å². The molecule has 0 N–H and O–H groups in total. The number of ether oxygens (including phenoxy) is 1. The van der Waals surface area contributed by atoms with Gasteiger partial charge in [0, 0.05) is 39.2 Å². The van der Waals surface area contributed by atoms with Gasteiger partial charge < -0.3 is 9.64 Å². The summed E-state index contributed by atoms with van der Waals surface area (Å²) < 4.78 is 7.01. The maximum atomic E-state index is 7.01. The summed E-state index contributed by atoms with van der Waals surface area (Å²) in [5.74, 6) is 1.69. The molecular formula is C55H39NO. The zero-order valence-electron chi connectivity index (χ0n) is 31.9. The number of anilines is 3. The number of benzene rings is 9. The quantitative estimate of drug-likeness (QED) is 0.175. The van der Waals surface area contributed by atoms with Gasteiger partial charge in [0.2, 0.25) is 0 Å². The molecule has 0 unspecified atom stereocenters. The number of rotatable bonds is 5. The number of hydrogen-bond donors (Lipinski definition) is 0. The Bertz CT molecular complexity index is 3020. The Morgan fingerprint density at radius 2 is 0.947 bits per heavy atom. The van der Waals surface area contributed by atoms with E-state index in [9.17, 15) is 0 Å². The highest BCUT2D eigenvalue weighted by Crippen LogP contribution is 2.54. The first-order valence-electron chi connectivity index (χ1n) is 19.8. The molecule has 11 rings (SSSR count). The minimum atomic E-state index is -0.139. The van der Waals surface area contributed by atoms with E-state index in [1.54, 1.807) is 0 Å². The molecule has 2 nitrogen and oxygen atoms in total. The molecule has 0 saturated heterocycles. The maximum Gasteiger partial charge on any atom is 0.135 e. The number of fused-ring (bicyclic) bond motifs is 9. The third-order valence-corrected chi connectivity index (χ3v) is 12.0. The van der Waals surface area contributed by atoms with Crippen LogP contribution in [0.25, 0.3) is 66.4 Å². The van der Waals surface area contributed by atoms with Gasteiger partial charge in [-0.05, 0) is 115 Å². The fourth-order valence-corrected chi connectivity index (χ4v) is 9.23. The topological polar surface area (TPSA) is 12.5 Å². The standard InChI is InChI=1S/C55H39NO/c1-55(2)50-26-12-11-23-45(50)46-29-27-43(35-51(46)55)56(41-22-13-21-38(31-41)36-15-5-3-6-16-36)42-28-30-52-49(34-42)54-44(37-17-7-4-8-18-37)24-14-25-47(54)48-32-39-19-9-10-20-40(39)33-53(48)57-52/h3-35H,1-2H3. The van der Waals surface area contributed by atoms with Crippen LogP contribution in [-0.4, -0.2) is 0 Å². The Kier molecular flexibility index (Phi) is 7.55. The van der Waals surface area contributed by atoms with E-state index in [1.807, 2.05) is 0 Å². The Labute approximate surface area is 333 Å². The molecule has 0 radical (unpaired) electrons. The van der Waals surface area contributed by atoms with Crippen LogP contribution in [0.2, 0.25) is 0 Å². The summed E-state index contributed by atoms with van der Waals surface area (Å²) in [4.78, 5) is 2.42. The van der Waals surface area contributed by atoms with Crippen molar-refractivity contribution in [2.75, 3.05) is 4.90 Å². The highest BCUT2D eigenvalue weighted by molar-refractivity contribution is 6.03. The fraction of sp³-hybridized carbons (Fsp3) is 0.0545. The predicted octanol–water partition coefficient (Wildman–Crippen LogP) is 15.4. The summed E-state index contributed by atoms with van der Waals surface area (Å²) in [6, 6.07) is 72.6. The molecule has 0 spiro atoms. The lowest BCUT2D eigenvalue weighted by Crippen LogP contribution is -2.16. The van der Waals surface area contributed by atoms with Gasteiger partial charge in [-0.25, -0.2) is 0 Å². The van der Waals surface area contributed by atoms with Crippen LogP contribution in [0.4, 0.5) is 17.1 Å². The second-order valence-corrected chi connectivity index (χ2v) is 15.7. The van der Waals surface area contributed by atoms with Crippen molar-refractivity contribution < 1.29 is 4.74 Å². The van der Waals surface area contributed by atoms with E-state index in [2.05, 4.69) is 219 Å². The first-order valence-corrected chi connectivity index (χ1v) is 19.8. The van der Waals surface area contributed by atoms with Crippen molar-refractivity contribution in [2.45, 2.75) is 19.3 Å². The molecule has 2 aliphatic rings. The van der Waals surface area contributed by atoms with Crippen LogP contribution in [-0.2, 0) is 5.41 Å². The van der Waals surface area contributed by atoms with Gasteiger partial charge in [-0.2, -0.15) is 0 Å². The predicted molar refractivity (Wildman–Crippen MR) is 238 cm³/mol. The van der Waals surface area contributed by atoms with Crippen molar-refractivity contribution in [3.05, 3.63) is 211 Å². The second kappa shape index (κ2) is 13.0. The number of hydrogen-bond acceptors (Lipinski definition) is 2. The number of nitrogens with zero attached hydrogens (tertiary/aromatic N) is 1. The lowest BCUT2D eigenvalue weighted by atomic mass is 9.82. The molecule has 0 saturated carbocycles. The summed E-state index contributed by atoms with van der Waals surface area (Å²) in [6.07, 6.45) is 0. The van der Waals surface area contributed by atoms with Gasteiger partial charge in [0.1, 0.15) is 11.5 Å². The summed E-state index contributed by atoms with van der Waals surface area (Å²) in [6.45, 7) is 4.70. The monoisotopic (exact) mass is 729 g/mol. The van der Waals surface area contributed by atoms with E-state index in [1.165, 1.54) is 49.9 Å². The average molecular weight is 730 g/mol. The van der Waals surface area contributed by atoms with Gasteiger partial charge in [0.15, 0.2) is 0 Å². The van der Waals surface area contributed by atoms with E-state index < -0.39 is 0 Å². The normalized spacial score (nSPS) is 13.0. The van der Waals surface area contributed by atoms with Gasteiger partial charge in [-0.3, -0.25) is 0 Å². The SMILES string of the molecule is CC1(C)c2ccccc2-c2ccc(N(c3cccc(-c4ccccc4)c3)c3ccc4c(c3)-c3c(-c5ccccc5)cccc3-c3cc5ccccc5cc3O4)cc21. The van der Waals surface area contributed by atoms with Gasteiger partial charge in [-0.15, -0.1) is 0 Å². The molecular weight excluding hydrogens is 691 g/mol. The molecule has 270 valence electrons. The van der Waals surface area contributed by atoms with E-state index >= 15 is 0 Å². The summed E-state index contributed by atoms with van der Waals surface area (Å²) >= 11 is 0. The Morgan fingerprint density at radius 1 is 0.351 bits per heavy atom. The molecule has 0 bridgehead atoms. The van der Waals surface area contributed by atoms with Gasteiger partial charge in [-0.1, -0.05) is 159 Å². The first-order chi connectivity index (χ1) is 28.0. The van der Waals surface area contributed by atoms with Crippen molar-refractivity contribution in [1.82, 2.24) is 0 Å². The zero-order valence-corrected chi connectivity index (χ0v) is 31.9. The van der Waals surface area contributed by atoms with E-state index in [0.717, 1.165) is 56.2 Å². The van der Waals surface area contributed by atoms with Gasteiger partial charge in [0.05, 0.1) is 0 Å². The lowest BCUT2D eigenvalue weighted by Gasteiger charge is -2.29. The molecule has 0 fully saturated rings. The minimum absolute atomic E-state index is 0.139. The molecule has 0 aromatic heterocycles.